The largest absolute Gasteiger partial charge is 0.444 e. The van der Waals surface area contributed by atoms with Crippen molar-refractivity contribution in [2.75, 3.05) is 30.3 Å². The summed E-state index contributed by atoms with van der Waals surface area (Å²) in [5, 5.41) is 24.1. The van der Waals surface area contributed by atoms with Crippen molar-refractivity contribution >= 4 is 29.5 Å². The molecular weight excluding hydrogens is 600 g/mol. The first-order valence-corrected chi connectivity index (χ1v) is 16.0. The van der Waals surface area contributed by atoms with Crippen LogP contribution in [0.3, 0.4) is 0 Å². The molecule has 1 aliphatic rings. The van der Waals surface area contributed by atoms with E-state index in [1.54, 1.807) is 0 Å². The highest BCUT2D eigenvalue weighted by atomic mass is 16.6. The average Bonchev–Trinajstić information content (AvgIpc) is 3.02. The third-order valence-electron chi connectivity index (χ3n) is 8.17. The molecule has 1 aliphatic carbocycles. The zero-order chi connectivity index (χ0) is 34.0. The number of amides is 2. The normalized spacial score (nSPS) is 16.3. The molecule has 1 aromatic heterocycles. The molecule has 0 unspecified atom stereocenters. The van der Waals surface area contributed by atoms with E-state index < -0.39 is 22.5 Å². The number of aromatic nitrogens is 2. The molecule has 252 valence electrons. The quantitative estimate of drug-likeness (QED) is 0.114. The summed E-state index contributed by atoms with van der Waals surface area (Å²) in [6.45, 7) is 9.77. The Hall–Kier alpha value is -4.78. The van der Waals surface area contributed by atoms with E-state index in [2.05, 4.69) is 50.3 Å². The number of nitrogens with two attached hydrogens (primary N) is 1. The lowest BCUT2D eigenvalue weighted by molar-refractivity contribution is -0.384. The summed E-state index contributed by atoms with van der Waals surface area (Å²) in [6.07, 6.45) is 4.63. The molecule has 4 rings (SSSR count). The topological polar surface area (TPSA) is 186 Å². The molecule has 47 heavy (non-hydrogen) atoms. The summed E-state index contributed by atoms with van der Waals surface area (Å²) in [5.41, 5.74) is 9.81. The second-order valence-corrected chi connectivity index (χ2v) is 13.0. The van der Waals surface area contributed by atoms with Gasteiger partial charge in [0, 0.05) is 26.2 Å². The van der Waals surface area contributed by atoms with Gasteiger partial charge in [-0.3, -0.25) is 14.9 Å². The van der Waals surface area contributed by atoms with Crippen molar-refractivity contribution in [2.45, 2.75) is 72.1 Å². The lowest BCUT2D eigenvalue weighted by atomic mass is 9.82. The lowest BCUT2D eigenvalue weighted by Gasteiger charge is -2.29. The summed E-state index contributed by atoms with van der Waals surface area (Å²) in [5.74, 6) is 0.790. The average molecular weight is 647 g/mol. The van der Waals surface area contributed by atoms with E-state index in [1.165, 1.54) is 6.20 Å². The number of anilines is 2. The van der Waals surface area contributed by atoms with Crippen molar-refractivity contribution < 1.29 is 19.2 Å². The van der Waals surface area contributed by atoms with Gasteiger partial charge in [-0.25, -0.2) is 9.78 Å². The van der Waals surface area contributed by atoms with Gasteiger partial charge in [0.25, 0.3) is 0 Å². The predicted octanol–water partition coefficient (Wildman–Crippen LogP) is 5.29. The maximum absolute atomic E-state index is 12.0. The fraction of sp³-hybridized carbons (Fsp3) is 0.471. The van der Waals surface area contributed by atoms with E-state index in [9.17, 15) is 19.7 Å². The predicted molar refractivity (Wildman–Crippen MR) is 182 cm³/mol. The van der Waals surface area contributed by atoms with Crippen LogP contribution in [0.15, 0.2) is 48.7 Å². The minimum Gasteiger partial charge on any atom is -0.444 e. The van der Waals surface area contributed by atoms with Gasteiger partial charge in [-0.05, 0) is 99.1 Å². The Kier molecular flexibility index (Phi) is 12.1. The van der Waals surface area contributed by atoms with Crippen LogP contribution in [0.4, 0.5) is 22.2 Å². The van der Waals surface area contributed by atoms with Crippen molar-refractivity contribution in [1.29, 1.82) is 0 Å². The number of nitro groups is 1. The molecule has 1 saturated carbocycles. The molecule has 0 bridgehead atoms. The molecule has 2 amide bonds. The molecule has 0 radical (unpaired) electrons. The van der Waals surface area contributed by atoms with E-state index >= 15 is 0 Å². The highest BCUT2D eigenvalue weighted by Crippen LogP contribution is 2.31. The molecule has 0 spiro atoms. The van der Waals surface area contributed by atoms with Crippen LogP contribution in [0.2, 0.25) is 0 Å². The number of nitrogens with zero attached hydrogens (tertiary/aromatic N) is 3. The van der Waals surface area contributed by atoms with Gasteiger partial charge in [0.1, 0.15) is 11.8 Å². The summed E-state index contributed by atoms with van der Waals surface area (Å²) >= 11 is 0. The first-order valence-electron chi connectivity index (χ1n) is 16.0. The van der Waals surface area contributed by atoms with Gasteiger partial charge in [0.15, 0.2) is 0 Å². The minimum atomic E-state index is -0.530. The second kappa shape index (κ2) is 16.2. The van der Waals surface area contributed by atoms with Crippen LogP contribution in [0.25, 0.3) is 11.1 Å². The summed E-state index contributed by atoms with van der Waals surface area (Å²) in [7, 11) is 0. The molecule has 3 aromatic rings. The number of ether oxygens (including phenoxy) is 1. The second-order valence-electron chi connectivity index (χ2n) is 13.0. The monoisotopic (exact) mass is 646 g/mol. The van der Waals surface area contributed by atoms with E-state index in [-0.39, 0.29) is 18.1 Å². The van der Waals surface area contributed by atoms with Crippen molar-refractivity contribution in [3.63, 3.8) is 0 Å². The maximum atomic E-state index is 12.0. The van der Waals surface area contributed by atoms with Gasteiger partial charge in [-0.15, -0.1) is 0 Å². The summed E-state index contributed by atoms with van der Waals surface area (Å²) < 4.78 is 5.32. The molecule has 0 atom stereocenters. The van der Waals surface area contributed by atoms with E-state index in [4.69, 9.17) is 10.5 Å². The fourth-order valence-corrected chi connectivity index (χ4v) is 5.69. The van der Waals surface area contributed by atoms with Crippen LogP contribution in [-0.4, -0.2) is 52.1 Å². The Bertz CT molecular complexity index is 1550. The smallest absolute Gasteiger partial charge is 0.407 e. The molecule has 13 heteroatoms. The van der Waals surface area contributed by atoms with Crippen molar-refractivity contribution in [3.05, 3.63) is 75.5 Å². The third-order valence-corrected chi connectivity index (χ3v) is 8.17. The number of primary amides is 1. The van der Waals surface area contributed by atoms with Crippen LogP contribution in [0, 0.1) is 28.9 Å². The van der Waals surface area contributed by atoms with Crippen LogP contribution >= 0.6 is 0 Å². The molecule has 0 saturated heterocycles. The van der Waals surface area contributed by atoms with E-state index in [0.717, 1.165) is 53.5 Å². The zero-order valence-corrected chi connectivity index (χ0v) is 27.6. The Morgan fingerprint density at radius 1 is 1.02 bits per heavy atom. The lowest BCUT2D eigenvalue weighted by Crippen LogP contribution is -2.36. The number of hydrogen-bond acceptors (Lipinski definition) is 10. The number of benzene rings is 2. The zero-order valence-electron chi connectivity index (χ0n) is 27.6. The third kappa shape index (κ3) is 10.9. The van der Waals surface area contributed by atoms with Crippen molar-refractivity contribution in [3.8, 4) is 11.1 Å². The first kappa shape index (κ1) is 35.1. The summed E-state index contributed by atoms with van der Waals surface area (Å²) in [4.78, 5) is 43.0. The number of nitrogens with one attached hydrogen (secondary N) is 4. The molecule has 1 heterocycles. The number of alkyl carbamates (subject to hydrolysis) is 1. The Balaban J connectivity index is 1.33. The van der Waals surface area contributed by atoms with Gasteiger partial charge < -0.3 is 31.7 Å². The summed E-state index contributed by atoms with van der Waals surface area (Å²) in [6, 6.07) is 14.2. The minimum absolute atomic E-state index is 0.115. The fourth-order valence-electron chi connectivity index (χ4n) is 5.69. The molecule has 1 fully saturated rings. The molecule has 13 nitrogen and oxygen atoms in total. The maximum Gasteiger partial charge on any atom is 0.407 e. The Labute approximate surface area is 275 Å². The highest BCUT2D eigenvalue weighted by Gasteiger charge is 2.24. The van der Waals surface area contributed by atoms with Gasteiger partial charge in [-0.1, -0.05) is 36.4 Å². The highest BCUT2D eigenvalue weighted by molar-refractivity contribution is 5.76. The van der Waals surface area contributed by atoms with Crippen LogP contribution in [-0.2, 0) is 22.6 Å². The van der Waals surface area contributed by atoms with Crippen LogP contribution < -0.4 is 27.0 Å². The molecule has 2 aromatic carbocycles. The number of rotatable bonds is 14. The number of hydrogen-bond donors (Lipinski definition) is 5. The van der Waals surface area contributed by atoms with E-state index in [0.29, 0.717) is 44.0 Å². The molecule has 0 aliphatic heterocycles. The standard InChI is InChI=1S/C34H46N8O5/c1-22-27(9-6-10-28(22)26-8-5-7-25(15-26)16-36-21-30(35)43)19-38-32-39-20-29(42(45)46)31(41-32)37-17-23-11-13-24(14-12-23)18-40-33(44)47-34(2,3)4/h5-10,15,20,23-24,36H,11-14,16-19,21H2,1-4H3,(H2,35,43)(H,40,44)(H2,37,38,39,41). The SMILES string of the molecule is Cc1c(CNc2ncc([N+](=O)[O-])c(NCC3CCC(CNC(=O)OC(C)(C)C)CC3)n2)cccc1-c1cccc(CNCC(N)=O)c1. The molecular formula is C34H46N8O5. The Morgan fingerprint density at radius 2 is 1.72 bits per heavy atom. The van der Waals surface area contributed by atoms with Crippen molar-refractivity contribution in [2.24, 2.45) is 17.6 Å². The van der Waals surface area contributed by atoms with E-state index in [1.807, 2.05) is 51.1 Å². The van der Waals surface area contributed by atoms with Crippen LogP contribution in [0.1, 0.15) is 63.1 Å². The number of carbonyl (C=O) groups excluding carboxylic acids is 2. The van der Waals surface area contributed by atoms with Gasteiger partial charge in [0.05, 0.1) is 11.5 Å². The Morgan fingerprint density at radius 3 is 2.40 bits per heavy atom. The van der Waals surface area contributed by atoms with Gasteiger partial charge in [-0.2, -0.15) is 4.98 Å². The van der Waals surface area contributed by atoms with Gasteiger partial charge >= 0.3 is 11.8 Å². The number of carbonyl (C=O) groups is 2. The van der Waals surface area contributed by atoms with Crippen molar-refractivity contribution in [1.82, 2.24) is 20.6 Å². The molecule has 6 N–H and O–H groups in total. The van der Waals surface area contributed by atoms with Crippen LogP contribution in [0.5, 0.6) is 0 Å². The van der Waals surface area contributed by atoms with Gasteiger partial charge in [0.2, 0.25) is 17.7 Å². The first-order chi connectivity index (χ1) is 22.4.